The summed E-state index contributed by atoms with van der Waals surface area (Å²) in [5.74, 6) is -0.296. The van der Waals surface area contributed by atoms with Gasteiger partial charge in [0.25, 0.3) is 0 Å². The number of nitrogens with zero attached hydrogens (tertiary/aromatic N) is 3. The third kappa shape index (κ3) is 2.77. The Morgan fingerprint density at radius 1 is 1.80 bits per heavy atom. The fourth-order valence-electron chi connectivity index (χ4n) is 1.14. The van der Waals surface area contributed by atoms with Gasteiger partial charge in [-0.3, -0.25) is 9.89 Å². The number of aromatic nitrogens is 3. The summed E-state index contributed by atoms with van der Waals surface area (Å²) in [6, 6.07) is 1.68. The molecule has 2 unspecified atom stereocenters. The molecule has 0 aliphatic heterocycles. The van der Waals surface area contributed by atoms with E-state index in [1.54, 1.807) is 13.8 Å². The Morgan fingerprint density at radius 2 is 2.53 bits per heavy atom. The van der Waals surface area contributed by atoms with Gasteiger partial charge in [0.15, 0.2) is 0 Å². The van der Waals surface area contributed by atoms with E-state index in [4.69, 9.17) is 5.26 Å². The van der Waals surface area contributed by atoms with Crippen molar-refractivity contribution in [2.75, 3.05) is 0 Å². The molecule has 0 spiro atoms. The average Bonchev–Trinajstić information content (AvgIpc) is 2.72. The van der Waals surface area contributed by atoms with Gasteiger partial charge >= 0.3 is 0 Å². The molecule has 80 valence electrons. The van der Waals surface area contributed by atoms with E-state index in [1.165, 1.54) is 6.33 Å². The largest absolute Gasteiger partial charge is 0.345 e. The standard InChI is InChI=1S/C9H13N5O/c1-3-7(4-10)9(15)13-6(2)8-11-5-12-14-8/h5-7H,3H2,1-2H3,(H,13,15)(H,11,12,14). The predicted octanol–water partition coefficient (Wildman–Crippen LogP) is 0.532. The third-order valence-electron chi connectivity index (χ3n) is 2.08. The summed E-state index contributed by atoms with van der Waals surface area (Å²) < 4.78 is 0. The van der Waals surface area contributed by atoms with Gasteiger partial charge in [-0.2, -0.15) is 10.4 Å². The Morgan fingerprint density at radius 3 is 3.00 bits per heavy atom. The van der Waals surface area contributed by atoms with Gasteiger partial charge in [-0.25, -0.2) is 4.98 Å². The Labute approximate surface area is 87.7 Å². The molecule has 1 amide bonds. The number of nitriles is 1. The normalized spacial score (nSPS) is 13.9. The minimum Gasteiger partial charge on any atom is -0.345 e. The summed E-state index contributed by atoms with van der Waals surface area (Å²) in [7, 11) is 0. The maximum Gasteiger partial charge on any atom is 0.237 e. The van der Waals surface area contributed by atoms with Crippen molar-refractivity contribution >= 4 is 5.91 Å². The molecule has 0 aromatic carbocycles. The molecule has 2 atom stereocenters. The Balaban J connectivity index is 2.56. The zero-order valence-corrected chi connectivity index (χ0v) is 8.69. The summed E-state index contributed by atoms with van der Waals surface area (Å²) in [5.41, 5.74) is 0. The Hall–Kier alpha value is -1.90. The molecule has 0 aliphatic carbocycles. The molecular weight excluding hydrogens is 194 g/mol. The summed E-state index contributed by atoms with van der Waals surface area (Å²) in [6.45, 7) is 3.58. The van der Waals surface area contributed by atoms with Crippen molar-refractivity contribution < 1.29 is 4.79 Å². The predicted molar refractivity (Wildman–Crippen MR) is 52.3 cm³/mol. The van der Waals surface area contributed by atoms with Crippen LogP contribution in [0.4, 0.5) is 0 Å². The van der Waals surface area contributed by atoms with E-state index < -0.39 is 5.92 Å². The Kier molecular flexibility index (Phi) is 3.80. The molecule has 0 fully saturated rings. The van der Waals surface area contributed by atoms with Gasteiger partial charge in [-0.15, -0.1) is 0 Å². The van der Waals surface area contributed by atoms with E-state index in [9.17, 15) is 4.79 Å². The van der Waals surface area contributed by atoms with Crippen molar-refractivity contribution in [2.45, 2.75) is 26.3 Å². The van der Waals surface area contributed by atoms with E-state index in [-0.39, 0.29) is 11.9 Å². The van der Waals surface area contributed by atoms with Crippen LogP contribution in [0.3, 0.4) is 0 Å². The lowest BCUT2D eigenvalue weighted by Gasteiger charge is -2.12. The van der Waals surface area contributed by atoms with Gasteiger partial charge in [0.1, 0.15) is 18.1 Å². The van der Waals surface area contributed by atoms with Gasteiger partial charge in [-0.1, -0.05) is 6.92 Å². The van der Waals surface area contributed by atoms with Crippen LogP contribution in [-0.2, 0) is 4.79 Å². The van der Waals surface area contributed by atoms with Crippen LogP contribution < -0.4 is 5.32 Å². The first kappa shape index (κ1) is 11.2. The number of carbonyl (C=O) groups is 1. The summed E-state index contributed by atoms with van der Waals surface area (Å²) in [5, 5.41) is 17.7. The first-order chi connectivity index (χ1) is 7.19. The fourth-order valence-corrected chi connectivity index (χ4v) is 1.14. The van der Waals surface area contributed by atoms with Crippen LogP contribution in [0.15, 0.2) is 6.33 Å². The van der Waals surface area contributed by atoms with Crippen LogP contribution in [0.25, 0.3) is 0 Å². The highest BCUT2D eigenvalue weighted by Crippen LogP contribution is 2.07. The average molecular weight is 207 g/mol. The van der Waals surface area contributed by atoms with Crippen LogP contribution in [0.5, 0.6) is 0 Å². The lowest BCUT2D eigenvalue weighted by Crippen LogP contribution is -2.32. The number of carbonyl (C=O) groups excluding carboxylic acids is 1. The molecule has 0 radical (unpaired) electrons. The van der Waals surface area contributed by atoms with Crippen molar-refractivity contribution in [3.8, 4) is 6.07 Å². The number of H-pyrrole nitrogens is 1. The van der Waals surface area contributed by atoms with Crippen molar-refractivity contribution in [2.24, 2.45) is 5.92 Å². The lowest BCUT2D eigenvalue weighted by atomic mass is 10.1. The highest BCUT2D eigenvalue weighted by molar-refractivity contribution is 5.81. The zero-order valence-electron chi connectivity index (χ0n) is 8.69. The second-order valence-electron chi connectivity index (χ2n) is 3.19. The quantitative estimate of drug-likeness (QED) is 0.753. The molecule has 0 saturated carbocycles. The Bertz CT molecular complexity index is 353. The molecule has 0 bridgehead atoms. The van der Waals surface area contributed by atoms with Gasteiger partial charge in [-0.05, 0) is 13.3 Å². The minimum absolute atomic E-state index is 0.262. The van der Waals surface area contributed by atoms with Gasteiger partial charge in [0.2, 0.25) is 5.91 Å². The van der Waals surface area contributed by atoms with E-state index in [0.717, 1.165) is 0 Å². The summed E-state index contributed by atoms with van der Waals surface area (Å²) in [6.07, 6.45) is 1.88. The van der Waals surface area contributed by atoms with E-state index in [2.05, 4.69) is 20.5 Å². The van der Waals surface area contributed by atoms with Crippen LogP contribution in [0, 0.1) is 17.2 Å². The van der Waals surface area contributed by atoms with Gasteiger partial charge < -0.3 is 5.32 Å². The highest BCUT2D eigenvalue weighted by atomic mass is 16.1. The molecule has 1 aromatic heterocycles. The molecule has 1 aromatic rings. The first-order valence-corrected chi connectivity index (χ1v) is 4.74. The van der Waals surface area contributed by atoms with E-state index in [0.29, 0.717) is 12.2 Å². The van der Waals surface area contributed by atoms with Crippen LogP contribution in [-0.4, -0.2) is 21.1 Å². The van der Waals surface area contributed by atoms with Crippen LogP contribution in [0.2, 0.25) is 0 Å². The topological polar surface area (TPSA) is 94.5 Å². The molecule has 1 rings (SSSR count). The molecule has 2 N–H and O–H groups in total. The molecule has 0 aliphatic rings. The van der Waals surface area contributed by atoms with Crippen LogP contribution in [0.1, 0.15) is 32.1 Å². The number of amides is 1. The SMILES string of the molecule is CCC(C#N)C(=O)NC(C)c1ncn[nH]1. The number of nitrogens with one attached hydrogen (secondary N) is 2. The smallest absolute Gasteiger partial charge is 0.237 e. The van der Waals surface area contributed by atoms with E-state index >= 15 is 0 Å². The van der Waals surface area contributed by atoms with Crippen molar-refractivity contribution in [3.05, 3.63) is 12.2 Å². The number of rotatable bonds is 4. The number of hydrogen-bond acceptors (Lipinski definition) is 4. The van der Waals surface area contributed by atoms with E-state index in [1.807, 2.05) is 6.07 Å². The maximum absolute atomic E-state index is 11.5. The van der Waals surface area contributed by atoms with Gasteiger partial charge in [0.05, 0.1) is 12.1 Å². The second kappa shape index (κ2) is 5.10. The molecular formula is C9H13N5O. The third-order valence-corrected chi connectivity index (χ3v) is 2.08. The monoisotopic (exact) mass is 207 g/mol. The van der Waals surface area contributed by atoms with Crippen LogP contribution >= 0.6 is 0 Å². The van der Waals surface area contributed by atoms with Gasteiger partial charge in [0, 0.05) is 0 Å². The molecule has 0 saturated heterocycles. The van der Waals surface area contributed by atoms with Crippen molar-refractivity contribution in [1.82, 2.24) is 20.5 Å². The minimum atomic E-state index is -0.602. The second-order valence-corrected chi connectivity index (χ2v) is 3.19. The summed E-state index contributed by atoms with van der Waals surface area (Å²) in [4.78, 5) is 15.4. The first-order valence-electron chi connectivity index (χ1n) is 4.74. The number of hydrogen-bond donors (Lipinski definition) is 2. The molecule has 6 heteroatoms. The zero-order chi connectivity index (χ0) is 11.3. The van der Waals surface area contributed by atoms with Crippen molar-refractivity contribution in [3.63, 3.8) is 0 Å². The maximum atomic E-state index is 11.5. The fraction of sp³-hybridized carbons (Fsp3) is 0.556. The highest BCUT2D eigenvalue weighted by Gasteiger charge is 2.19. The number of aromatic amines is 1. The molecule has 6 nitrogen and oxygen atoms in total. The summed E-state index contributed by atoms with van der Waals surface area (Å²) >= 11 is 0. The molecule has 15 heavy (non-hydrogen) atoms. The lowest BCUT2D eigenvalue weighted by molar-refractivity contribution is -0.124. The van der Waals surface area contributed by atoms with Crippen molar-refractivity contribution in [1.29, 1.82) is 5.26 Å². The molecule has 1 heterocycles.